The summed E-state index contributed by atoms with van der Waals surface area (Å²) in [5, 5.41) is 2.85. The van der Waals surface area contributed by atoms with Crippen LogP contribution in [0.4, 0.5) is 5.69 Å². The number of thioether (sulfide) groups is 1. The third-order valence-electron chi connectivity index (χ3n) is 4.69. The number of nitrogens with zero attached hydrogens (tertiary/aromatic N) is 2. The Morgan fingerprint density at radius 3 is 2.65 bits per heavy atom. The van der Waals surface area contributed by atoms with Crippen molar-refractivity contribution in [2.24, 2.45) is 0 Å². The van der Waals surface area contributed by atoms with Crippen LogP contribution in [0.25, 0.3) is 0 Å². The fraction of sp³-hybridized carbons (Fsp3) is 0.579. The number of amides is 2. The van der Waals surface area contributed by atoms with Gasteiger partial charge in [-0.3, -0.25) is 14.5 Å². The zero-order chi connectivity index (χ0) is 18.4. The average Bonchev–Trinajstić information content (AvgIpc) is 2.64. The number of hydrogen-bond acceptors (Lipinski definition) is 5. The molecule has 0 aromatic heterocycles. The maximum Gasteiger partial charge on any atom is 0.224 e. The predicted molar refractivity (Wildman–Crippen MR) is 104 cm³/mol. The molecule has 2 saturated heterocycles. The lowest BCUT2D eigenvalue weighted by Gasteiger charge is -2.36. The van der Waals surface area contributed by atoms with Crippen molar-refractivity contribution in [3.63, 3.8) is 0 Å². The summed E-state index contributed by atoms with van der Waals surface area (Å²) in [5.41, 5.74) is 1.90. The van der Waals surface area contributed by atoms with E-state index in [0.29, 0.717) is 6.42 Å². The van der Waals surface area contributed by atoms with Crippen molar-refractivity contribution < 1.29 is 14.3 Å². The van der Waals surface area contributed by atoms with E-state index in [1.165, 1.54) is 6.92 Å². The van der Waals surface area contributed by atoms with E-state index in [4.69, 9.17) is 4.74 Å². The Morgan fingerprint density at radius 2 is 1.96 bits per heavy atom. The second kappa shape index (κ2) is 9.39. The van der Waals surface area contributed by atoms with Gasteiger partial charge in [0.25, 0.3) is 0 Å². The number of rotatable bonds is 6. The summed E-state index contributed by atoms with van der Waals surface area (Å²) >= 11 is 1.82. The lowest BCUT2D eigenvalue weighted by atomic mass is 10.1. The zero-order valence-electron chi connectivity index (χ0n) is 15.3. The van der Waals surface area contributed by atoms with Crippen molar-refractivity contribution in [1.29, 1.82) is 0 Å². The van der Waals surface area contributed by atoms with Gasteiger partial charge in [0, 0.05) is 51.0 Å². The Morgan fingerprint density at radius 1 is 1.23 bits per heavy atom. The number of carbonyl (C=O) groups excluding carboxylic acids is 2. The molecule has 1 N–H and O–H groups in total. The van der Waals surface area contributed by atoms with Crippen LogP contribution < -0.4 is 5.32 Å². The maximum absolute atomic E-state index is 12.5. The first kappa shape index (κ1) is 19.2. The van der Waals surface area contributed by atoms with E-state index in [-0.39, 0.29) is 17.2 Å². The normalized spacial score (nSPS) is 21.7. The van der Waals surface area contributed by atoms with E-state index in [9.17, 15) is 9.59 Å². The summed E-state index contributed by atoms with van der Waals surface area (Å²) in [5.74, 6) is 1.02. The molecule has 3 rings (SSSR count). The van der Waals surface area contributed by atoms with Crippen LogP contribution in [0.5, 0.6) is 0 Å². The molecule has 1 aromatic rings. The SMILES string of the molecule is CC(=O)Nc1ccc(C2SCCC(=O)N2CCCN2CCOCC2)cc1. The Labute approximate surface area is 159 Å². The summed E-state index contributed by atoms with van der Waals surface area (Å²) in [6.45, 7) is 6.87. The molecule has 0 radical (unpaired) electrons. The van der Waals surface area contributed by atoms with Crippen LogP contribution in [-0.4, -0.2) is 66.8 Å². The highest BCUT2D eigenvalue weighted by molar-refractivity contribution is 7.99. The lowest BCUT2D eigenvalue weighted by Crippen LogP contribution is -2.41. The number of carbonyl (C=O) groups is 2. The Bertz CT molecular complexity index is 617. The summed E-state index contributed by atoms with van der Waals surface area (Å²) in [6.07, 6.45) is 1.59. The van der Waals surface area contributed by atoms with Crippen molar-refractivity contribution in [2.45, 2.75) is 25.1 Å². The molecule has 1 unspecified atom stereocenters. The highest BCUT2D eigenvalue weighted by Crippen LogP contribution is 2.37. The van der Waals surface area contributed by atoms with Crippen molar-refractivity contribution in [1.82, 2.24) is 9.80 Å². The van der Waals surface area contributed by atoms with Crippen molar-refractivity contribution in [2.75, 3.05) is 50.5 Å². The number of hydrogen-bond donors (Lipinski definition) is 1. The molecule has 2 amide bonds. The van der Waals surface area contributed by atoms with Gasteiger partial charge in [-0.1, -0.05) is 12.1 Å². The largest absolute Gasteiger partial charge is 0.379 e. The fourth-order valence-electron chi connectivity index (χ4n) is 3.36. The molecule has 1 atom stereocenters. The van der Waals surface area contributed by atoms with Crippen LogP contribution in [0.2, 0.25) is 0 Å². The number of nitrogens with one attached hydrogen (secondary N) is 1. The van der Waals surface area contributed by atoms with Crippen LogP contribution >= 0.6 is 11.8 Å². The van der Waals surface area contributed by atoms with Crippen LogP contribution in [0.3, 0.4) is 0 Å². The standard InChI is InChI=1S/C19H27N3O3S/c1-15(23)20-17-5-3-16(4-6-17)19-22(18(24)7-14-26-19)9-2-8-21-10-12-25-13-11-21/h3-6,19H,2,7-14H2,1H3,(H,20,23). The third kappa shape index (κ3) is 5.22. The van der Waals surface area contributed by atoms with Crippen LogP contribution in [0, 0.1) is 0 Å². The van der Waals surface area contributed by atoms with Gasteiger partial charge >= 0.3 is 0 Å². The van der Waals surface area contributed by atoms with Crippen LogP contribution in [-0.2, 0) is 14.3 Å². The van der Waals surface area contributed by atoms with Gasteiger partial charge in [0.15, 0.2) is 0 Å². The second-order valence-corrected chi connectivity index (χ2v) is 7.86. The van der Waals surface area contributed by atoms with E-state index in [0.717, 1.165) is 62.8 Å². The summed E-state index contributed by atoms with van der Waals surface area (Å²) in [6, 6.07) is 7.83. The summed E-state index contributed by atoms with van der Waals surface area (Å²) in [7, 11) is 0. The molecule has 26 heavy (non-hydrogen) atoms. The van der Waals surface area contributed by atoms with E-state index in [2.05, 4.69) is 10.2 Å². The molecule has 0 spiro atoms. The molecule has 2 fully saturated rings. The first-order valence-corrected chi connectivity index (χ1v) is 10.3. The minimum Gasteiger partial charge on any atom is -0.379 e. The van der Waals surface area contributed by atoms with Crippen molar-refractivity contribution in [3.05, 3.63) is 29.8 Å². The smallest absolute Gasteiger partial charge is 0.224 e. The van der Waals surface area contributed by atoms with E-state index in [1.807, 2.05) is 40.9 Å². The highest BCUT2D eigenvalue weighted by atomic mass is 32.2. The van der Waals surface area contributed by atoms with Crippen LogP contribution in [0.1, 0.15) is 30.7 Å². The molecule has 0 saturated carbocycles. The molecule has 0 aliphatic carbocycles. The van der Waals surface area contributed by atoms with Gasteiger partial charge < -0.3 is 15.0 Å². The molecule has 6 nitrogen and oxygen atoms in total. The van der Waals surface area contributed by atoms with Gasteiger partial charge in [0.05, 0.1) is 13.2 Å². The van der Waals surface area contributed by atoms with E-state index >= 15 is 0 Å². The second-order valence-electron chi connectivity index (χ2n) is 6.67. The Hall–Kier alpha value is -1.57. The lowest BCUT2D eigenvalue weighted by molar-refractivity contribution is -0.132. The minimum atomic E-state index is -0.0790. The van der Waals surface area contributed by atoms with Crippen LogP contribution in [0.15, 0.2) is 24.3 Å². The zero-order valence-corrected chi connectivity index (χ0v) is 16.1. The first-order valence-electron chi connectivity index (χ1n) is 9.22. The molecule has 7 heteroatoms. The van der Waals surface area contributed by atoms with Gasteiger partial charge in [-0.15, -0.1) is 11.8 Å². The van der Waals surface area contributed by atoms with E-state index < -0.39 is 0 Å². The summed E-state index contributed by atoms with van der Waals surface area (Å²) in [4.78, 5) is 28.1. The quantitative estimate of drug-likeness (QED) is 0.824. The monoisotopic (exact) mass is 377 g/mol. The topological polar surface area (TPSA) is 61.9 Å². The van der Waals surface area contributed by atoms with Gasteiger partial charge in [-0.05, 0) is 24.1 Å². The number of ether oxygens (including phenoxy) is 1. The predicted octanol–water partition coefficient (Wildman–Crippen LogP) is 2.33. The molecule has 0 bridgehead atoms. The van der Waals surface area contributed by atoms with E-state index in [1.54, 1.807) is 0 Å². The first-order chi connectivity index (χ1) is 12.6. The highest BCUT2D eigenvalue weighted by Gasteiger charge is 2.29. The number of morpholine rings is 1. The third-order valence-corrected chi connectivity index (χ3v) is 5.97. The maximum atomic E-state index is 12.5. The molecule has 2 aliphatic heterocycles. The van der Waals surface area contributed by atoms with Gasteiger partial charge in [-0.25, -0.2) is 0 Å². The van der Waals surface area contributed by atoms with Gasteiger partial charge in [-0.2, -0.15) is 0 Å². The Kier molecular flexibility index (Phi) is 6.93. The van der Waals surface area contributed by atoms with Crippen molar-refractivity contribution in [3.8, 4) is 0 Å². The van der Waals surface area contributed by atoms with Gasteiger partial charge in [0.2, 0.25) is 11.8 Å². The molecule has 2 aliphatic rings. The molecule has 142 valence electrons. The number of benzene rings is 1. The number of anilines is 1. The molecular formula is C19H27N3O3S. The van der Waals surface area contributed by atoms with Crippen molar-refractivity contribution >= 4 is 29.3 Å². The summed E-state index contributed by atoms with van der Waals surface area (Å²) < 4.78 is 5.39. The molecular weight excluding hydrogens is 350 g/mol. The van der Waals surface area contributed by atoms with Gasteiger partial charge in [0.1, 0.15) is 5.37 Å². The fourth-order valence-corrected chi connectivity index (χ4v) is 4.63. The molecule has 1 aromatic carbocycles. The Balaban J connectivity index is 1.60. The molecule has 2 heterocycles. The minimum absolute atomic E-state index is 0.0623. The average molecular weight is 378 g/mol.